The third-order valence-corrected chi connectivity index (χ3v) is 11.6. The molecule has 3 aliphatic heterocycles. The van der Waals surface area contributed by atoms with Gasteiger partial charge in [0.15, 0.2) is 0 Å². The summed E-state index contributed by atoms with van der Waals surface area (Å²) < 4.78 is 39.8. The summed E-state index contributed by atoms with van der Waals surface area (Å²) in [7, 11) is 0. The van der Waals surface area contributed by atoms with Gasteiger partial charge in [0, 0.05) is 41.1 Å². The van der Waals surface area contributed by atoms with Gasteiger partial charge >= 0.3 is 12.1 Å². The Balaban J connectivity index is 1.10. The fourth-order valence-electron chi connectivity index (χ4n) is 9.01. The first-order chi connectivity index (χ1) is 24.5. The first kappa shape index (κ1) is 35.4. The molecular weight excluding hydrogens is 653 g/mol. The van der Waals surface area contributed by atoms with Crippen LogP contribution in [-0.4, -0.2) is 82.2 Å². The van der Waals surface area contributed by atoms with E-state index in [0.717, 1.165) is 57.8 Å². The van der Waals surface area contributed by atoms with Gasteiger partial charge in [-0.15, -0.1) is 0 Å². The highest BCUT2D eigenvalue weighted by Crippen LogP contribution is 2.46. The molecule has 0 saturated carbocycles. The van der Waals surface area contributed by atoms with E-state index in [1.807, 2.05) is 48.7 Å². The number of aryl methyl sites for hydroxylation is 1. The molecule has 0 aliphatic carbocycles. The number of pyridine rings is 1. The van der Waals surface area contributed by atoms with Crippen molar-refractivity contribution in [2.75, 3.05) is 26.2 Å². The van der Waals surface area contributed by atoms with Crippen molar-refractivity contribution in [1.29, 1.82) is 0 Å². The summed E-state index contributed by atoms with van der Waals surface area (Å²) in [4.78, 5) is 35.2. The second-order valence-electron chi connectivity index (χ2n) is 15.2. The lowest BCUT2D eigenvalue weighted by Crippen LogP contribution is -2.56. The van der Waals surface area contributed by atoms with E-state index in [9.17, 15) is 27.9 Å². The number of nitrogens with one attached hydrogen (secondary N) is 1. The SMILES string of the molecule is CC1(C(=O)N[C@@H](Cc2cccc3c(-c4nccc5ccc(CCCN6CCCCC6)cc45)cccc23)C(=O)O)CC2CCC(C1)N2CC(F)(F)F. The van der Waals surface area contributed by atoms with E-state index < -0.39 is 36.1 Å². The third kappa shape index (κ3) is 7.77. The number of halogens is 3. The second-order valence-corrected chi connectivity index (χ2v) is 15.2. The van der Waals surface area contributed by atoms with Crippen LogP contribution in [0, 0.1) is 5.41 Å². The quantitative estimate of drug-likeness (QED) is 0.166. The maximum Gasteiger partial charge on any atom is 0.401 e. The molecular formula is C41H47F3N4O3. The number of hydrogen-bond acceptors (Lipinski definition) is 5. The van der Waals surface area contributed by atoms with Crippen LogP contribution in [0.3, 0.4) is 0 Å². The molecule has 3 aliphatic rings. The van der Waals surface area contributed by atoms with E-state index in [-0.39, 0.29) is 31.3 Å². The van der Waals surface area contributed by atoms with Gasteiger partial charge in [0.2, 0.25) is 5.91 Å². The minimum Gasteiger partial charge on any atom is -0.480 e. The number of fused-ring (bicyclic) bond motifs is 4. The summed E-state index contributed by atoms with van der Waals surface area (Å²) >= 11 is 0. The number of aromatic nitrogens is 1. The Morgan fingerprint density at radius 3 is 2.41 bits per heavy atom. The van der Waals surface area contributed by atoms with Gasteiger partial charge in [-0.3, -0.25) is 14.7 Å². The molecule has 4 heterocycles. The van der Waals surface area contributed by atoms with Gasteiger partial charge in [0.05, 0.1) is 12.2 Å². The van der Waals surface area contributed by atoms with Crippen LogP contribution in [0.2, 0.25) is 0 Å². The number of alkyl halides is 3. The average molecular weight is 701 g/mol. The van der Waals surface area contributed by atoms with Gasteiger partial charge in [-0.25, -0.2) is 4.79 Å². The lowest BCUT2D eigenvalue weighted by atomic mass is 9.75. The predicted molar refractivity (Wildman–Crippen MR) is 193 cm³/mol. The molecule has 3 saturated heterocycles. The number of nitrogens with zero attached hydrogens (tertiary/aromatic N) is 3. The van der Waals surface area contributed by atoms with E-state index in [4.69, 9.17) is 4.98 Å². The summed E-state index contributed by atoms with van der Waals surface area (Å²) in [5.41, 5.74) is 2.94. The molecule has 1 amide bonds. The number of benzene rings is 3. The van der Waals surface area contributed by atoms with Gasteiger partial charge in [0.25, 0.3) is 0 Å². The number of carbonyl (C=O) groups is 2. The molecule has 3 aromatic carbocycles. The maximum atomic E-state index is 13.7. The Morgan fingerprint density at radius 2 is 1.69 bits per heavy atom. The molecule has 3 atom stereocenters. The number of carbonyl (C=O) groups excluding carboxylic acids is 1. The summed E-state index contributed by atoms with van der Waals surface area (Å²) in [6.45, 7) is 4.29. The fraction of sp³-hybridized carbons (Fsp3) is 0.488. The summed E-state index contributed by atoms with van der Waals surface area (Å²) in [6, 6.07) is 18.6. The van der Waals surface area contributed by atoms with E-state index in [1.54, 1.807) is 6.92 Å². The van der Waals surface area contributed by atoms with Crippen LogP contribution in [0.5, 0.6) is 0 Å². The molecule has 1 aromatic heterocycles. The van der Waals surface area contributed by atoms with Crippen molar-refractivity contribution in [2.24, 2.45) is 5.41 Å². The van der Waals surface area contributed by atoms with Crippen molar-refractivity contribution in [1.82, 2.24) is 20.1 Å². The molecule has 2 bridgehead atoms. The number of hydrogen-bond donors (Lipinski definition) is 2. The van der Waals surface area contributed by atoms with Crippen molar-refractivity contribution in [3.05, 3.63) is 78.0 Å². The molecule has 0 radical (unpaired) electrons. The highest BCUT2D eigenvalue weighted by molar-refractivity contribution is 6.05. The topological polar surface area (TPSA) is 85.8 Å². The number of piperidine rings is 2. The zero-order valence-electron chi connectivity index (χ0n) is 29.2. The minimum atomic E-state index is -4.30. The van der Waals surface area contributed by atoms with E-state index >= 15 is 0 Å². The van der Waals surface area contributed by atoms with Crippen molar-refractivity contribution < 1.29 is 27.9 Å². The molecule has 4 aromatic rings. The number of likely N-dealkylation sites (tertiary alicyclic amines) is 1. The number of aliphatic carboxylic acids is 1. The van der Waals surface area contributed by atoms with Crippen LogP contribution >= 0.6 is 0 Å². The zero-order chi connectivity index (χ0) is 35.8. The average Bonchev–Trinajstić information content (AvgIpc) is 3.33. The molecule has 10 heteroatoms. The minimum absolute atomic E-state index is 0.0646. The zero-order valence-corrected chi connectivity index (χ0v) is 29.2. The van der Waals surface area contributed by atoms with Crippen LogP contribution in [0.25, 0.3) is 32.8 Å². The summed E-state index contributed by atoms with van der Waals surface area (Å²) in [6.07, 6.45) is 5.37. The fourth-order valence-corrected chi connectivity index (χ4v) is 9.01. The van der Waals surface area contributed by atoms with Crippen LogP contribution in [0.4, 0.5) is 13.2 Å². The van der Waals surface area contributed by atoms with Gasteiger partial charge in [-0.1, -0.05) is 61.9 Å². The van der Waals surface area contributed by atoms with Crippen LogP contribution in [0.15, 0.2) is 66.9 Å². The maximum absolute atomic E-state index is 13.7. The van der Waals surface area contributed by atoms with Crippen molar-refractivity contribution in [2.45, 2.75) is 95.4 Å². The lowest BCUT2D eigenvalue weighted by molar-refractivity contribution is -0.162. The van der Waals surface area contributed by atoms with Gasteiger partial charge in [0.1, 0.15) is 6.04 Å². The molecule has 2 unspecified atom stereocenters. The summed E-state index contributed by atoms with van der Waals surface area (Å²) in [5.74, 6) is -1.56. The van der Waals surface area contributed by atoms with Crippen LogP contribution in [0.1, 0.15) is 69.4 Å². The molecule has 2 N–H and O–H groups in total. The predicted octanol–water partition coefficient (Wildman–Crippen LogP) is 7.78. The molecule has 3 fully saturated rings. The monoisotopic (exact) mass is 700 g/mol. The van der Waals surface area contributed by atoms with Gasteiger partial charge in [-0.05, 0) is 110 Å². The van der Waals surface area contributed by atoms with Crippen molar-refractivity contribution in [3.8, 4) is 11.3 Å². The first-order valence-electron chi connectivity index (χ1n) is 18.4. The van der Waals surface area contributed by atoms with Crippen LogP contribution < -0.4 is 5.32 Å². The largest absolute Gasteiger partial charge is 0.480 e. The van der Waals surface area contributed by atoms with Crippen molar-refractivity contribution in [3.63, 3.8) is 0 Å². The Morgan fingerprint density at radius 1 is 0.961 bits per heavy atom. The number of rotatable bonds is 11. The van der Waals surface area contributed by atoms with Gasteiger partial charge < -0.3 is 15.3 Å². The van der Waals surface area contributed by atoms with E-state index in [0.29, 0.717) is 12.8 Å². The van der Waals surface area contributed by atoms with E-state index in [2.05, 4.69) is 28.4 Å². The molecule has 51 heavy (non-hydrogen) atoms. The Hall–Kier alpha value is -4.02. The second kappa shape index (κ2) is 14.5. The molecule has 7 nitrogen and oxygen atoms in total. The molecule has 7 rings (SSSR count). The number of carboxylic acids is 1. The number of carboxylic acid groups (broad SMARTS) is 1. The first-order valence-corrected chi connectivity index (χ1v) is 18.4. The molecule has 270 valence electrons. The van der Waals surface area contributed by atoms with Gasteiger partial charge in [-0.2, -0.15) is 13.2 Å². The highest BCUT2D eigenvalue weighted by atomic mass is 19.4. The third-order valence-electron chi connectivity index (χ3n) is 11.6. The van der Waals surface area contributed by atoms with E-state index in [1.165, 1.54) is 42.8 Å². The Labute approximate surface area is 297 Å². The Kier molecular flexibility index (Phi) is 10.1. The standard InChI is InChI=1S/C41H47F3N4O3/c1-40(24-30-15-16-31(25-40)48(30)26-41(42,43)44)39(51)46-36(38(49)50)23-29-9-5-11-33-32(29)10-6-12-34(33)37-35-22-27(13-14-28(35)17-18-45-37)8-7-21-47-19-3-2-4-20-47/h5-6,9-14,17-18,22,30-31,36H,2-4,7-8,15-16,19-21,23-26H2,1H3,(H,46,51)(H,49,50)/t30?,31?,36-,40?/m0/s1. The smallest absolute Gasteiger partial charge is 0.401 e. The summed E-state index contributed by atoms with van der Waals surface area (Å²) in [5, 5.41) is 17.1. The van der Waals surface area contributed by atoms with Crippen LogP contribution in [-0.2, 0) is 22.4 Å². The lowest BCUT2D eigenvalue weighted by Gasteiger charge is -2.44. The normalized spacial score (nSPS) is 23.5. The highest BCUT2D eigenvalue weighted by Gasteiger charge is 2.52. The van der Waals surface area contributed by atoms with Crippen molar-refractivity contribution >= 4 is 33.4 Å². The number of amides is 1. The molecule has 0 spiro atoms. The Bertz CT molecular complexity index is 1890.